The summed E-state index contributed by atoms with van der Waals surface area (Å²) in [4.78, 5) is 0. The van der Waals surface area contributed by atoms with Gasteiger partial charge in [0, 0.05) is 6.04 Å². The highest BCUT2D eigenvalue weighted by Crippen LogP contribution is 2.08. The normalized spacial score (nSPS) is 30.9. The van der Waals surface area contributed by atoms with Gasteiger partial charge in [0.2, 0.25) is 0 Å². The minimum atomic E-state index is 0.779. The third kappa shape index (κ3) is 2.93. The van der Waals surface area contributed by atoms with Crippen LogP contribution < -0.4 is 16.0 Å². The fourth-order valence-corrected chi connectivity index (χ4v) is 2.25. The molecule has 2 aliphatic rings. The van der Waals surface area contributed by atoms with E-state index >= 15 is 0 Å². The highest BCUT2D eigenvalue weighted by Gasteiger charge is 2.17. The first-order chi connectivity index (χ1) is 6.45. The average Bonchev–Trinajstić information content (AvgIpc) is 2.69. The van der Waals surface area contributed by atoms with E-state index in [9.17, 15) is 0 Å². The van der Waals surface area contributed by atoms with Crippen LogP contribution in [0.15, 0.2) is 0 Å². The molecule has 0 spiro atoms. The van der Waals surface area contributed by atoms with Crippen LogP contribution in [0.4, 0.5) is 0 Å². The van der Waals surface area contributed by atoms with Crippen LogP contribution in [0.5, 0.6) is 0 Å². The molecule has 1 atom stereocenters. The summed E-state index contributed by atoms with van der Waals surface area (Å²) < 4.78 is 0. The molecule has 3 nitrogen and oxygen atoms in total. The van der Waals surface area contributed by atoms with Crippen molar-refractivity contribution in [3.05, 3.63) is 0 Å². The maximum atomic E-state index is 3.68. The van der Waals surface area contributed by atoms with Crippen LogP contribution in [0, 0.1) is 5.92 Å². The second kappa shape index (κ2) is 4.94. The Labute approximate surface area is 80.7 Å². The quantitative estimate of drug-likeness (QED) is 0.573. The molecule has 0 aromatic rings. The van der Waals surface area contributed by atoms with Gasteiger partial charge in [-0.1, -0.05) is 0 Å². The van der Waals surface area contributed by atoms with Crippen LogP contribution in [0.25, 0.3) is 0 Å². The van der Waals surface area contributed by atoms with E-state index < -0.39 is 0 Å². The Morgan fingerprint density at radius 2 is 1.77 bits per heavy atom. The van der Waals surface area contributed by atoms with Gasteiger partial charge in [-0.2, -0.15) is 0 Å². The predicted molar refractivity (Wildman–Crippen MR) is 54.9 cm³/mol. The van der Waals surface area contributed by atoms with E-state index in [2.05, 4.69) is 16.0 Å². The van der Waals surface area contributed by atoms with Crippen LogP contribution in [0.2, 0.25) is 0 Å². The molecule has 0 aromatic carbocycles. The van der Waals surface area contributed by atoms with Crippen molar-refractivity contribution in [3.8, 4) is 0 Å². The van der Waals surface area contributed by atoms with Crippen molar-refractivity contribution in [2.24, 2.45) is 5.92 Å². The summed E-state index contributed by atoms with van der Waals surface area (Å²) in [6, 6.07) is 0.779. The summed E-state index contributed by atoms with van der Waals surface area (Å²) in [6.45, 7) is 6.05. The molecule has 76 valence electrons. The Kier molecular flexibility index (Phi) is 3.58. The number of piperidine rings is 1. The molecule has 0 amide bonds. The molecule has 2 heterocycles. The van der Waals surface area contributed by atoms with Crippen LogP contribution in [-0.2, 0) is 0 Å². The van der Waals surface area contributed by atoms with Gasteiger partial charge in [0.1, 0.15) is 0 Å². The fraction of sp³-hybridized carbons (Fsp3) is 1.00. The van der Waals surface area contributed by atoms with Crippen LogP contribution >= 0.6 is 0 Å². The van der Waals surface area contributed by atoms with Crippen molar-refractivity contribution in [2.45, 2.75) is 25.3 Å². The van der Waals surface area contributed by atoms with Crippen LogP contribution in [-0.4, -0.2) is 38.8 Å². The molecule has 0 saturated carbocycles. The number of hydrogen-bond acceptors (Lipinski definition) is 3. The molecule has 3 N–H and O–H groups in total. The van der Waals surface area contributed by atoms with Crippen molar-refractivity contribution in [1.82, 2.24) is 16.0 Å². The molecular formula is C10H21N3. The van der Waals surface area contributed by atoms with E-state index in [4.69, 9.17) is 0 Å². The minimum absolute atomic E-state index is 0.779. The first kappa shape index (κ1) is 9.44. The lowest BCUT2D eigenvalue weighted by Crippen LogP contribution is -2.41. The van der Waals surface area contributed by atoms with Gasteiger partial charge in [0.25, 0.3) is 0 Å². The minimum Gasteiger partial charge on any atom is -0.317 e. The molecule has 2 rings (SSSR count). The molecule has 2 saturated heterocycles. The van der Waals surface area contributed by atoms with Crippen molar-refractivity contribution in [1.29, 1.82) is 0 Å². The summed E-state index contributed by atoms with van der Waals surface area (Å²) in [7, 11) is 0. The zero-order chi connectivity index (χ0) is 8.93. The summed E-state index contributed by atoms with van der Waals surface area (Å²) in [5.74, 6) is 0.884. The summed E-state index contributed by atoms with van der Waals surface area (Å²) >= 11 is 0. The lowest BCUT2D eigenvalue weighted by molar-refractivity contribution is 0.364. The van der Waals surface area contributed by atoms with Gasteiger partial charge < -0.3 is 16.0 Å². The monoisotopic (exact) mass is 183 g/mol. The topological polar surface area (TPSA) is 36.1 Å². The SMILES string of the molecule is C1CC(NCC2CCNC2)CCN1. The first-order valence-corrected chi connectivity index (χ1v) is 5.60. The second-order valence-electron chi connectivity index (χ2n) is 4.29. The van der Waals surface area contributed by atoms with E-state index in [1.807, 2.05) is 0 Å². The first-order valence-electron chi connectivity index (χ1n) is 5.60. The van der Waals surface area contributed by atoms with Gasteiger partial charge in [-0.3, -0.25) is 0 Å². The lowest BCUT2D eigenvalue weighted by atomic mass is 10.0. The molecule has 0 radical (unpaired) electrons. The number of rotatable bonds is 3. The average molecular weight is 183 g/mol. The molecule has 0 aliphatic carbocycles. The molecule has 2 aliphatic heterocycles. The Morgan fingerprint density at radius 1 is 1.00 bits per heavy atom. The molecule has 3 heteroatoms. The Morgan fingerprint density at radius 3 is 2.46 bits per heavy atom. The maximum absolute atomic E-state index is 3.68. The molecule has 2 fully saturated rings. The lowest BCUT2D eigenvalue weighted by Gasteiger charge is -2.25. The van der Waals surface area contributed by atoms with E-state index in [0.717, 1.165) is 12.0 Å². The highest BCUT2D eigenvalue weighted by atomic mass is 15.0. The second-order valence-corrected chi connectivity index (χ2v) is 4.29. The van der Waals surface area contributed by atoms with Crippen molar-refractivity contribution in [3.63, 3.8) is 0 Å². The number of hydrogen-bond donors (Lipinski definition) is 3. The van der Waals surface area contributed by atoms with Crippen molar-refractivity contribution >= 4 is 0 Å². The molecule has 13 heavy (non-hydrogen) atoms. The standard InChI is InChI=1S/C10H21N3/c1-4-12-7-9(1)8-13-10-2-5-11-6-3-10/h9-13H,1-8H2. The zero-order valence-corrected chi connectivity index (χ0v) is 8.31. The Hall–Kier alpha value is -0.120. The van der Waals surface area contributed by atoms with Crippen LogP contribution in [0.1, 0.15) is 19.3 Å². The molecule has 1 unspecified atom stereocenters. The van der Waals surface area contributed by atoms with Gasteiger partial charge in [-0.15, -0.1) is 0 Å². The summed E-state index contributed by atoms with van der Waals surface area (Å²) in [6.07, 6.45) is 3.97. The Balaban J connectivity index is 1.60. The summed E-state index contributed by atoms with van der Waals surface area (Å²) in [5.41, 5.74) is 0. The van der Waals surface area contributed by atoms with E-state index in [1.165, 1.54) is 52.0 Å². The van der Waals surface area contributed by atoms with E-state index in [0.29, 0.717) is 0 Å². The van der Waals surface area contributed by atoms with Gasteiger partial charge in [-0.05, 0) is 57.9 Å². The van der Waals surface area contributed by atoms with E-state index in [-0.39, 0.29) is 0 Å². The Bertz CT molecular complexity index is 137. The third-order valence-corrected chi connectivity index (χ3v) is 3.20. The largest absolute Gasteiger partial charge is 0.317 e. The van der Waals surface area contributed by atoms with E-state index in [1.54, 1.807) is 0 Å². The van der Waals surface area contributed by atoms with Gasteiger partial charge in [-0.25, -0.2) is 0 Å². The highest BCUT2D eigenvalue weighted by molar-refractivity contribution is 4.78. The third-order valence-electron chi connectivity index (χ3n) is 3.20. The van der Waals surface area contributed by atoms with Crippen LogP contribution in [0.3, 0.4) is 0 Å². The smallest absolute Gasteiger partial charge is 0.00913 e. The molecule has 0 bridgehead atoms. The maximum Gasteiger partial charge on any atom is 0.00913 e. The number of nitrogens with one attached hydrogen (secondary N) is 3. The fourth-order valence-electron chi connectivity index (χ4n) is 2.25. The molecular weight excluding hydrogens is 162 g/mol. The van der Waals surface area contributed by atoms with Crippen molar-refractivity contribution in [2.75, 3.05) is 32.7 Å². The molecule has 0 aromatic heterocycles. The summed E-state index contributed by atoms with van der Waals surface area (Å²) in [5, 5.41) is 10.5. The zero-order valence-electron chi connectivity index (χ0n) is 8.31. The van der Waals surface area contributed by atoms with Gasteiger partial charge >= 0.3 is 0 Å². The van der Waals surface area contributed by atoms with Gasteiger partial charge in [0.05, 0.1) is 0 Å². The van der Waals surface area contributed by atoms with Gasteiger partial charge in [0.15, 0.2) is 0 Å². The predicted octanol–water partition coefficient (Wildman–Crippen LogP) is -0.0625. The van der Waals surface area contributed by atoms with Crippen molar-refractivity contribution < 1.29 is 0 Å².